The van der Waals surface area contributed by atoms with E-state index in [9.17, 15) is 9.18 Å². The van der Waals surface area contributed by atoms with E-state index in [1.165, 1.54) is 18.3 Å². The van der Waals surface area contributed by atoms with Gasteiger partial charge in [0.05, 0.1) is 6.21 Å². The monoisotopic (exact) mass is 298 g/mol. The summed E-state index contributed by atoms with van der Waals surface area (Å²) in [6.45, 7) is 6.35. The van der Waals surface area contributed by atoms with Gasteiger partial charge in [0.2, 0.25) is 0 Å². The molecule has 22 heavy (non-hydrogen) atoms. The highest BCUT2D eigenvalue weighted by atomic mass is 19.1. The van der Waals surface area contributed by atoms with Crippen LogP contribution < -0.4 is 5.43 Å². The van der Waals surface area contributed by atoms with Crippen molar-refractivity contribution in [2.75, 3.05) is 0 Å². The summed E-state index contributed by atoms with van der Waals surface area (Å²) in [5.41, 5.74) is 4.76. The molecule has 0 aromatic heterocycles. The summed E-state index contributed by atoms with van der Waals surface area (Å²) in [5, 5.41) is 3.84. The number of halogens is 1. The average molecular weight is 298 g/mol. The first-order valence-electron chi connectivity index (χ1n) is 7.06. The van der Waals surface area contributed by atoms with Gasteiger partial charge in [-0.25, -0.2) is 9.82 Å². The highest BCUT2D eigenvalue weighted by Gasteiger charge is 2.14. The Kier molecular flexibility index (Phi) is 4.71. The van der Waals surface area contributed by atoms with Crippen molar-refractivity contribution >= 4 is 12.1 Å². The van der Waals surface area contributed by atoms with Crippen LogP contribution in [0.2, 0.25) is 0 Å². The fourth-order valence-corrected chi connectivity index (χ4v) is 1.94. The number of hydrogen-bond donors (Lipinski definition) is 1. The Morgan fingerprint density at radius 3 is 2.41 bits per heavy atom. The van der Waals surface area contributed by atoms with Crippen LogP contribution in [-0.4, -0.2) is 12.1 Å². The normalized spacial score (nSPS) is 11.6. The van der Waals surface area contributed by atoms with Crippen LogP contribution in [0.15, 0.2) is 53.6 Å². The van der Waals surface area contributed by atoms with Crippen molar-refractivity contribution in [3.63, 3.8) is 0 Å². The number of nitrogens with one attached hydrogen (secondary N) is 1. The molecular weight excluding hydrogens is 279 g/mol. The standard InChI is InChI=1S/C18H19FN2O/c1-18(2,3)15-9-7-14(8-10-15)17(22)21-20-12-13-5-4-6-16(19)11-13/h4-12H,1-3H3,(H,21,22)/b20-12-. The first-order valence-corrected chi connectivity index (χ1v) is 7.06. The minimum Gasteiger partial charge on any atom is -0.267 e. The van der Waals surface area contributed by atoms with Crippen LogP contribution in [0.5, 0.6) is 0 Å². The van der Waals surface area contributed by atoms with Crippen molar-refractivity contribution in [1.82, 2.24) is 5.43 Å². The van der Waals surface area contributed by atoms with Gasteiger partial charge >= 0.3 is 0 Å². The van der Waals surface area contributed by atoms with E-state index < -0.39 is 0 Å². The zero-order chi connectivity index (χ0) is 16.2. The number of amides is 1. The molecule has 0 aliphatic heterocycles. The van der Waals surface area contributed by atoms with Crippen molar-refractivity contribution in [1.29, 1.82) is 0 Å². The topological polar surface area (TPSA) is 41.5 Å². The second kappa shape index (κ2) is 6.52. The van der Waals surface area contributed by atoms with Crippen molar-refractivity contribution in [2.24, 2.45) is 5.10 Å². The number of carbonyl (C=O) groups is 1. The van der Waals surface area contributed by atoms with Gasteiger partial charge in [0.1, 0.15) is 5.82 Å². The van der Waals surface area contributed by atoms with E-state index >= 15 is 0 Å². The molecule has 0 radical (unpaired) electrons. The molecule has 2 aromatic rings. The summed E-state index contributed by atoms with van der Waals surface area (Å²) < 4.78 is 13.0. The highest BCUT2D eigenvalue weighted by molar-refractivity contribution is 5.94. The highest BCUT2D eigenvalue weighted by Crippen LogP contribution is 2.22. The van der Waals surface area contributed by atoms with E-state index in [0.29, 0.717) is 11.1 Å². The molecule has 0 aliphatic rings. The van der Waals surface area contributed by atoms with Crippen LogP contribution >= 0.6 is 0 Å². The molecule has 0 aliphatic carbocycles. The molecule has 2 rings (SSSR count). The summed E-state index contributed by atoms with van der Waals surface area (Å²) in [6.07, 6.45) is 1.41. The molecule has 0 bridgehead atoms. The van der Waals surface area contributed by atoms with Crippen molar-refractivity contribution in [3.05, 3.63) is 71.0 Å². The summed E-state index contributed by atoms with van der Waals surface area (Å²) >= 11 is 0. The maximum absolute atomic E-state index is 13.0. The van der Waals surface area contributed by atoms with Gasteiger partial charge in [0, 0.05) is 5.56 Å². The smallest absolute Gasteiger partial charge is 0.267 e. The van der Waals surface area contributed by atoms with Crippen LogP contribution in [0.25, 0.3) is 0 Å². The number of rotatable bonds is 3. The van der Waals surface area contributed by atoms with Crippen LogP contribution in [0.1, 0.15) is 42.3 Å². The molecule has 4 heteroatoms. The van der Waals surface area contributed by atoms with Crippen molar-refractivity contribution in [3.8, 4) is 0 Å². The SMILES string of the molecule is CC(C)(C)c1ccc(C(=O)N/N=C\c2cccc(F)c2)cc1. The van der Waals surface area contributed by atoms with Crippen LogP contribution in [0.4, 0.5) is 4.39 Å². The molecule has 0 spiro atoms. The summed E-state index contributed by atoms with van der Waals surface area (Å²) in [4.78, 5) is 12.0. The lowest BCUT2D eigenvalue weighted by molar-refractivity contribution is 0.0955. The summed E-state index contributed by atoms with van der Waals surface area (Å²) in [6, 6.07) is 13.4. The minimum absolute atomic E-state index is 0.0462. The largest absolute Gasteiger partial charge is 0.271 e. The second-order valence-electron chi connectivity index (χ2n) is 6.08. The molecule has 2 aromatic carbocycles. The van der Waals surface area contributed by atoms with E-state index in [0.717, 1.165) is 5.56 Å². The van der Waals surface area contributed by atoms with Gasteiger partial charge in [-0.15, -0.1) is 0 Å². The lowest BCUT2D eigenvalue weighted by atomic mass is 9.87. The quantitative estimate of drug-likeness (QED) is 0.678. The van der Waals surface area contributed by atoms with Gasteiger partial charge < -0.3 is 0 Å². The molecule has 0 heterocycles. The second-order valence-corrected chi connectivity index (χ2v) is 6.08. The Bertz CT molecular complexity index is 685. The predicted octanol–water partition coefficient (Wildman–Crippen LogP) is 3.89. The van der Waals surface area contributed by atoms with Gasteiger partial charge in [0.25, 0.3) is 5.91 Å². The Morgan fingerprint density at radius 1 is 1.14 bits per heavy atom. The average Bonchev–Trinajstić information content (AvgIpc) is 2.46. The molecule has 1 N–H and O–H groups in total. The molecule has 1 amide bonds. The van der Waals surface area contributed by atoms with Gasteiger partial charge in [-0.2, -0.15) is 5.10 Å². The first-order chi connectivity index (χ1) is 10.4. The van der Waals surface area contributed by atoms with Crippen LogP contribution in [0, 0.1) is 5.82 Å². The molecule has 114 valence electrons. The maximum Gasteiger partial charge on any atom is 0.271 e. The summed E-state index contributed by atoms with van der Waals surface area (Å²) in [7, 11) is 0. The molecule has 0 saturated heterocycles. The van der Waals surface area contributed by atoms with Crippen LogP contribution in [0.3, 0.4) is 0 Å². The van der Waals surface area contributed by atoms with E-state index in [-0.39, 0.29) is 17.1 Å². The summed E-state index contributed by atoms with van der Waals surface area (Å²) in [5.74, 6) is -0.638. The van der Waals surface area contributed by atoms with Gasteiger partial charge in [-0.05, 0) is 40.8 Å². The number of carbonyl (C=O) groups excluding carboxylic acids is 1. The van der Waals surface area contributed by atoms with E-state index in [2.05, 4.69) is 31.3 Å². The Hall–Kier alpha value is -2.49. The molecule has 0 saturated carbocycles. The van der Waals surface area contributed by atoms with E-state index in [1.54, 1.807) is 24.3 Å². The fourth-order valence-electron chi connectivity index (χ4n) is 1.94. The Balaban J connectivity index is 2.00. The van der Waals surface area contributed by atoms with E-state index in [4.69, 9.17) is 0 Å². The third-order valence-electron chi connectivity index (χ3n) is 3.24. The number of benzene rings is 2. The number of hydrazone groups is 1. The number of hydrogen-bond acceptors (Lipinski definition) is 2. The fraction of sp³-hybridized carbons (Fsp3) is 0.222. The Morgan fingerprint density at radius 2 is 1.82 bits per heavy atom. The van der Waals surface area contributed by atoms with Crippen molar-refractivity contribution in [2.45, 2.75) is 26.2 Å². The van der Waals surface area contributed by atoms with Gasteiger partial charge in [0.15, 0.2) is 0 Å². The Labute approximate surface area is 129 Å². The van der Waals surface area contributed by atoms with Gasteiger partial charge in [-0.1, -0.05) is 45.0 Å². The van der Waals surface area contributed by atoms with Gasteiger partial charge in [-0.3, -0.25) is 4.79 Å². The number of nitrogens with zero attached hydrogens (tertiary/aromatic N) is 1. The molecule has 3 nitrogen and oxygen atoms in total. The molecule has 0 atom stereocenters. The third kappa shape index (κ3) is 4.25. The molecular formula is C18H19FN2O. The van der Waals surface area contributed by atoms with Crippen LogP contribution in [-0.2, 0) is 5.41 Å². The first kappa shape index (κ1) is 15.9. The lowest BCUT2D eigenvalue weighted by Gasteiger charge is -2.18. The molecule has 0 unspecified atom stereocenters. The minimum atomic E-state index is -0.340. The zero-order valence-electron chi connectivity index (χ0n) is 12.9. The maximum atomic E-state index is 13.0. The van der Waals surface area contributed by atoms with Crippen molar-refractivity contribution < 1.29 is 9.18 Å². The lowest BCUT2D eigenvalue weighted by Crippen LogP contribution is -2.18. The molecule has 0 fully saturated rings. The third-order valence-corrected chi connectivity index (χ3v) is 3.24. The predicted molar refractivity (Wildman–Crippen MR) is 86.6 cm³/mol. The zero-order valence-corrected chi connectivity index (χ0v) is 12.9. The van der Waals surface area contributed by atoms with E-state index in [1.807, 2.05) is 12.1 Å².